The molecule has 16 rings (SSSR count). The summed E-state index contributed by atoms with van der Waals surface area (Å²) in [7, 11) is 0. The first-order chi connectivity index (χ1) is 35.7. The summed E-state index contributed by atoms with van der Waals surface area (Å²) in [5.41, 5.74) is 20.4. The van der Waals surface area contributed by atoms with Crippen LogP contribution in [0.15, 0.2) is 237 Å². The summed E-state index contributed by atoms with van der Waals surface area (Å²) in [5, 5.41) is 4.65. The lowest BCUT2D eigenvalue weighted by Crippen LogP contribution is -2.09. The number of aromatic nitrogens is 7. The zero-order valence-corrected chi connectivity index (χ0v) is 38.6. The lowest BCUT2D eigenvalue weighted by molar-refractivity contribution is 0.942. The van der Waals surface area contributed by atoms with Gasteiger partial charge in [-0.1, -0.05) is 170 Å². The number of hydrogen-bond donors (Lipinski definition) is 0. The predicted molar refractivity (Wildman–Crippen MR) is 295 cm³/mol. The first kappa shape index (κ1) is 39.0. The summed E-state index contributed by atoms with van der Waals surface area (Å²) in [6, 6.07) is 85.2. The molecule has 1 aliphatic carbocycles. The Balaban J connectivity index is 1.10. The fraction of sp³-hybridized carbons (Fsp3) is 0. The molecular formula is C65H39N7. The number of imidazole rings is 2. The summed E-state index contributed by atoms with van der Waals surface area (Å²) < 4.78 is 9.16. The average Bonchev–Trinajstić information content (AvgIpc) is 4.18. The molecular weight excluding hydrogens is 879 g/mol. The third-order valence-electron chi connectivity index (χ3n) is 15.0. The number of rotatable bonds is 4. The van der Waals surface area contributed by atoms with Crippen molar-refractivity contribution in [1.29, 1.82) is 0 Å². The maximum absolute atomic E-state index is 5.81. The van der Waals surface area contributed by atoms with Crippen LogP contribution < -0.4 is 0 Å². The molecule has 0 radical (unpaired) electrons. The molecule has 10 aromatic carbocycles. The molecule has 5 aromatic heterocycles. The van der Waals surface area contributed by atoms with E-state index in [9.17, 15) is 0 Å². The van der Waals surface area contributed by atoms with Gasteiger partial charge >= 0.3 is 0 Å². The molecule has 0 saturated carbocycles. The van der Waals surface area contributed by atoms with Crippen molar-refractivity contribution in [3.8, 4) is 73.2 Å². The summed E-state index contributed by atoms with van der Waals surface area (Å²) in [6.07, 6.45) is 0. The highest BCUT2D eigenvalue weighted by molar-refractivity contribution is 6.12. The highest BCUT2D eigenvalue weighted by atomic mass is 15.3. The van der Waals surface area contributed by atoms with Gasteiger partial charge in [-0.15, -0.1) is 0 Å². The maximum atomic E-state index is 5.81. The van der Waals surface area contributed by atoms with Gasteiger partial charge in [-0.3, -0.25) is 13.5 Å². The fourth-order valence-electron chi connectivity index (χ4n) is 12.0. The number of fused-ring (bicyclic) bond motifs is 19. The molecule has 0 unspecified atom stereocenters. The Morgan fingerprint density at radius 3 is 1.19 bits per heavy atom. The fourth-order valence-corrected chi connectivity index (χ4v) is 12.0. The van der Waals surface area contributed by atoms with Gasteiger partial charge in [0.2, 0.25) is 11.7 Å². The molecule has 1 aliphatic rings. The van der Waals surface area contributed by atoms with E-state index < -0.39 is 0 Å². The van der Waals surface area contributed by atoms with Crippen LogP contribution in [0.4, 0.5) is 0 Å². The van der Waals surface area contributed by atoms with Gasteiger partial charge in [-0.2, -0.15) is 4.98 Å². The topological polar surface area (TPSA) is 57.9 Å². The van der Waals surface area contributed by atoms with Gasteiger partial charge in [0.1, 0.15) is 5.82 Å². The van der Waals surface area contributed by atoms with Crippen LogP contribution in [0.25, 0.3) is 145 Å². The lowest BCUT2D eigenvalue weighted by Gasteiger charge is -2.25. The summed E-state index contributed by atoms with van der Waals surface area (Å²) in [4.78, 5) is 16.8. The second kappa shape index (κ2) is 14.8. The standard InChI is InChI=1S/C65H39N7/c1-2-20-41-40(19-1)42-21-3-5-23-44(42)50-37-52(62(38-51(50)45-24-6-4-22-43(41)45)69-55-30-12-7-25-46(55)47-26-8-13-31-56(47)69)54-39-63(68-64(66-54)70-57-32-14-9-27-48(57)49-28-10-15-33-58(49)70)72-61-36-18-17-35-60(61)71-59-34-16-11-29-53(59)67-65(71)72/h1-39H. The predicted octanol–water partition coefficient (Wildman–Crippen LogP) is 16.1. The molecule has 0 aliphatic heterocycles. The van der Waals surface area contributed by atoms with Crippen molar-refractivity contribution < 1.29 is 0 Å². The molecule has 334 valence electrons. The number of benzene rings is 10. The molecule has 0 saturated heterocycles. The van der Waals surface area contributed by atoms with Crippen LogP contribution in [0.1, 0.15) is 0 Å². The van der Waals surface area contributed by atoms with Crippen molar-refractivity contribution in [2.24, 2.45) is 0 Å². The van der Waals surface area contributed by atoms with Gasteiger partial charge in [-0.25, -0.2) is 9.97 Å². The largest absolute Gasteiger partial charge is 0.309 e. The Labute approximate surface area is 412 Å². The third-order valence-corrected chi connectivity index (χ3v) is 15.0. The van der Waals surface area contributed by atoms with E-state index in [1.54, 1.807) is 0 Å². The zero-order chi connectivity index (χ0) is 47.0. The number of para-hydroxylation sites is 8. The smallest absolute Gasteiger partial charge is 0.237 e. The first-order valence-corrected chi connectivity index (χ1v) is 24.5. The number of hydrogen-bond acceptors (Lipinski definition) is 3. The van der Waals surface area contributed by atoms with E-state index in [4.69, 9.17) is 15.0 Å². The van der Waals surface area contributed by atoms with Gasteiger partial charge in [0.15, 0.2) is 0 Å². The Morgan fingerprint density at radius 1 is 0.264 bits per heavy atom. The molecule has 0 amide bonds. The lowest BCUT2D eigenvalue weighted by atomic mass is 9.80. The molecule has 15 aromatic rings. The Bertz CT molecular complexity index is 4670. The summed E-state index contributed by atoms with van der Waals surface area (Å²) >= 11 is 0. The minimum atomic E-state index is 0.562. The van der Waals surface area contributed by atoms with Crippen LogP contribution in [-0.4, -0.2) is 33.1 Å². The van der Waals surface area contributed by atoms with Crippen LogP contribution in [0, 0.1) is 0 Å². The quantitative estimate of drug-likeness (QED) is 0.177. The summed E-state index contributed by atoms with van der Waals surface area (Å²) in [6.45, 7) is 0. The highest BCUT2D eigenvalue weighted by Crippen LogP contribution is 2.51. The monoisotopic (exact) mass is 917 g/mol. The SMILES string of the molecule is c1ccc2c(c1)-c1ccccc1-c1cc(-c3cc(-n4c5ccccc5n5c6ccccc6nc45)nc(-n4c5ccccc5c5ccccc54)n3)c(-n3c4ccccc4c4ccccc43)cc1-c1ccccc1-2. The van der Waals surface area contributed by atoms with Crippen LogP contribution >= 0.6 is 0 Å². The van der Waals surface area contributed by atoms with E-state index in [1.807, 2.05) is 0 Å². The van der Waals surface area contributed by atoms with E-state index in [0.717, 1.165) is 94.3 Å². The van der Waals surface area contributed by atoms with E-state index in [2.05, 4.69) is 255 Å². The minimum Gasteiger partial charge on any atom is -0.309 e. The van der Waals surface area contributed by atoms with Gasteiger partial charge in [-0.05, 0) is 105 Å². The van der Waals surface area contributed by atoms with Crippen molar-refractivity contribution in [2.45, 2.75) is 0 Å². The van der Waals surface area contributed by atoms with E-state index >= 15 is 0 Å². The van der Waals surface area contributed by atoms with E-state index in [0.29, 0.717) is 11.8 Å². The molecule has 5 heterocycles. The number of nitrogens with zero attached hydrogens (tertiary/aromatic N) is 7. The molecule has 72 heavy (non-hydrogen) atoms. The highest BCUT2D eigenvalue weighted by Gasteiger charge is 2.28. The normalized spacial score (nSPS) is 12.2. The zero-order valence-electron chi connectivity index (χ0n) is 38.6. The van der Waals surface area contributed by atoms with E-state index in [1.165, 1.54) is 38.6 Å². The Morgan fingerprint density at radius 2 is 0.667 bits per heavy atom. The van der Waals surface area contributed by atoms with Crippen LogP contribution in [0.3, 0.4) is 0 Å². The molecule has 7 nitrogen and oxygen atoms in total. The van der Waals surface area contributed by atoms with Crippen molar-refractivity contribution in [3.05, 3.63) is 237 Å². The molecule has 0 N–H and O–H groups in total. The van der Waals surface area contributed by atoms with Gasteiger partial charge in [0.05, 0.1) is 55.5 Å². The molecule has 7 heteroatoms. The Kier molecular flexibility index (Phi) is 8.04. The molecule has 0 spiro atoms. The van der Waals surface area contributed by atoms with Crippen LogP contribution in [0.5, 0.6) is 0 Å². The van der Waals surface area contributed by atoms with Gasteiger partial charge < -0.3 is 4.57 Å². The second-order valence-corrected chi connectivity index (χ2v) is 18.8. The van der Waals surface area contributed by atoms with Crippen molar-refractivity contribution in [2.75, 3.05) is 0 Å². The van der Waals surface area contributed by atoms with Gasteiger partial charge in [0.25, 0.3) is 0 Å². The van der Waals surface area contributed by atoms with Crippen LogP contribution in [-0.2, 0) is 0 Å². The maximum Gasteiger partial charge on any atom is 0.237 e. The molecule has 0 bridgehead atoms. The molecule has 0 fully saturated rings. The first-order valence-electron chi connectivity index (χ1n) is 24.5. The minimum absolute atomic E-state index is 0.562. The Hall–Kier alpha value is -9.85. The van der Waals surface area contributed by atoms with Crippen molar-refractivity contribution >= 4 is 71.5 Å². The van der Waals surface area contributed by atoms with Crippen LogP contribution in [0.2, 0.25) is 0 Å². The third kappa shape index (κ3) is 5.41. The molecule has 0 atom stereocenters. The van der Waals surface area contributed by atoms with Gasteiger partial charge in [0, 0.05) is 33.2 Å². The van der Waals surface area contributed by atoms with Crippen molar-refractivity contribution in [3.63, 3.8) is 0 Å². The van der Waals surface area contributed by atoms with E-state index in [-0.39, 0.29) is 0 Å². The second-order valence-electron chi connectivity index (χ2n) is 18.8. The summed E-state index contributed by atoms with van der Waals surface area (Å²) in [5.74, 6) is 2.05. The van der Waals surface area contributed by atoms with Crippen molar-refractivity contribution in [1.82, 2.24) is 33.1 Å². The average molecular weight is 918 g/mol.